The van der Waals surface area contributed by atoms with Crippen LogP contribution in [0.3, 0.4) is 0 Å². The second kappa shape index (κ2) is 4.94. The highest BCUT2D eigenvalue weighted by molar-refractivity contribution is 7.14. The predicted octanol–water partition coefficient (Wildman–Crippen LogP) is 3.23. The van der Waals surface area contributed by atoms with Gasteiger partial charge in [-0.3, -0.25) is 0 Å². The van der Waals surface area contributed by atoms with Crippen molar-refractivity contribution in [3.8, 4) is 10.6 Å². The second-order valence-electron chi connectivity index (χ2n) is 4.26. The summed E-state index contributed by atoms with van der Waals surface area (Å²) in [4.78, 5) is 0. The van der Waals surface area contributed by atoms with Crippen LogP contribution in [0.15, 0.2) is 18.2 Å². The van der Waals surface area contributed by atoms with Crippen LogP contribution in [0.2, 0.25) is 0 Å². The molecule has 0 radical (unpaired) electrons. The zero-order valence-corrected chi connectivity index (χ0v) is 11.2. The normalized spacial score (nSPS) is 12.7. The van der Waals surface area contributed by atoms with E-state index in [0.29, 0.717) is 0 Å². The van der Waals surface area contributed by atoms with E-state index in [-0.39, 0.29) is 6.04 Å². The Balaban J connectivity index is 2.33. The summed E-state index contributed by atoms with van der Waals surface area (Å²) >= 11 is 1.59. The number of rotatable bonds is 3. The summed E-state index contributed by atoms with van der Waals surface area (Å²) in [5.74, 6) is 0. The van der Waals surface area contributed by atoms with Crippen molar-refractivity contribution in [2.45, 2.75) is 33.2 Å². The lowest BCUT2D eigenvalue weighted by atomic mass is 10.1. The molecule has 17 heavy (non-hydrogen) atoms. The molecular weight excluding hydrogens is 230 g/mol. The summed E-state index contributed by atoms with van der Waals surface area (Å²) in [6.07, 6.45) is 0.890. The average molecular weight is 247 g/mol. The maximum Gasteiger partial charge on any atom is 0.147 e. The molecule has 1 atom stereocenters. The Morgan fingerprint density at radius 2 is 2.00 bits per heavy atom. The van der Waals surface area contributed by atoms with Gasteiger partial charge in [-0.05, 0) is 37.5 Å². The Kier molecular flexibility index (Phi) is 3.54. The Labute approximate surface area is 106 Å². The summed E-state index contributed by atoms with van der Waals surface area (Å²) in [5.41, 5.74) is 9.64. The van der Waals surface area contributed by atoms with Crippen LogP contribution in [0.5, 0.6) is 0 Å². The van der Waals surface area contributed by atoms with Crippen molar-refractivity contribution in [2.24, 2.45) is 5.73 Å². The Bertz CT molecular complexity index is 519. The molecule has 0 aliphatic rings. The third kappa shape index (κ3) is 2.53. The molecule has 3 nitrogen and oxygen atoms in total. The summed E-state index contributed by atoms with van der Waals surface area (Å²) in [5, 5.41) is 10.2. The van der Waals surface area contributed by atoms with Crippen LogP contribution in [0.1, 0.15) is 35.5 Å². The summed E-state index contributed by atoms with van der Waals surface area (Å²) in [6.45, 7) is 6.28. The van der Waals surface area contributed by atoms with E-state index in [9.17, 15) is 0 Å². The molecule has 0 spiro atoms. The average Bonchev–Trinajstić information content (AvgIpc) is 2.81. The monoisotopic (exact) mass is 247 g/mol. The third-order valence-electron chi connectivity index (χ3n) is 2.95. The highest BCUT2D eigenvalue weighted by Gasteiger charge is 2.12. The van der Waals surface area contributed by atoms with Gasteiger partial charge >= 0.3 is 0 Å². The zero-order chi connectivity index (χ0) is 12.4. The van der Waals surface area contributed by atoms with E-state index >= 15 is 0 Å². The van der Waals surface area contributed by atoms with Gasteiger partial charge in [0.05, 0.1) is 6.04 Å². The van der Waals surface area contributed by atoms with Gasteiger partial charge in [0.15, 0.2) is 0 Å². The van der Waals surface area contributed by atoms with Crippen molar-refractivity contribution in [2.75, 3.05) is 0 Å². The molecular formula is C13H17N3S. The summed E-state index contributed by atoms with van der Waals surface area (Å²) in [7, 11) is 0. The SMILES string of the molecule is CCC(N)c1nnc(-c2ccc(C)c(C)c2)s1. The van der Waals surface area contributed by atoms with Crippen LogP contribution in [0, 0.1) is 13.8 Å². The fourth-order valence-corrected chi connectivity index (χ4v) is 2.47. The van der Waals surface area contributed by atoms with E-state index in [1.165, 1.54) is 11.1 Å². The molecule has 2 aromatic rings. The van der Waals surface area contributed by atoms with Crippen molar-refractivity contribution in [1.82, 2.24) is 10.2 Å². The molecule has 1 unspecified atom stereocenters. The number of hydrogen-bond acceptors (Lipinski definition) is 4. The predicted molar refractivity (Wildman–Crippen MR) is 72.0 cm³/mol. The molecule has 1 aromatic heterocycles. The first kappa shape index (κ1) is 12.2. The van der Waals surface area contributed by atoms with Gasteiger partial charge in [0.25, 0.3) is 0 Å². The first-order chi connectivity index (χ1) is 8.11. The van der Waals surface area contributed by atoms with Crippen molar-refractivity contribution in [3.63, 3.8) is 0 Å². The molecule has 0 amide bonds. The molecule has 2 N–H and O–H groups in total. The minimum atomic E-state index is 0.00722. The van der Waals surface area contributed by atoms with Gasteiger partial charge < -0.3 is 5.73 Å². The highest BCUT2D eigenvalue weighted by atomic mass is 32.1. The third-order valence-corrected chi connectivity index (χ3v) is 4.06. The lowest BCUT2D eigenvalue weighted by Gasteiger charge is -2.02. The van der Waals surface area contributed by atoms with Crippen LogP contribution in [0.25, 0.3) is 10.6 Å². The number of aryl methyl sites for hydroxylation is 2. The molecule has 0 bridgehead atoms. The van der Waals surface area contributed by atoms with Gasteiger partial charge in [-0.15, -0.1) is 10.2 Å². The van der Waals surface area contributed by atoms with Crippen LogP contribution in [-0.4, -0.2) is 10.2 Å². The number of benzene rings is 1. The van der Waals surface area contributed by atoms with Gasteiger partial charge in [0.1, 0.15) is 10.0 Å². The lowest BCUT2D eigenvalue weighted by Crippen LogP contribution is -2.07. The molecule has 2 rings (SSSR count). The lowest BCUT2D eigenvalue weighted by molar-refractivity contribution is 0.683. The molecule has 90 valence electrons. The highest BCUT2D eigenvalue weighted by Crippen LogP contribution is 2.28. The molecule has 0 saturated heterocycles. The molecule has 1 heterocycles. The Hall–Kier alpha value is -1.26. The molecule has 0 fully saturated rings. The van der Waals surface area contributed by atoms with Crippen molar-refractivity contribution >= 4 is 11.3 Å². The first-order valence-corrected chi connectivity index (χ1v) is 6.60. The van der Waals surface area contributed by atoms with E-state index in [2.05, 4.69) is 49.2 Å². The van der Waals surface area contributed by atoms with Crippen LogP contribution in [-0.2, 0) is 0 Å². The van der Waals surface area contributed by atoms with Gasteiger partial charge in [-0.1, -0.05) is 30.4 Å². The Morgan fingerprint density at radius 1 is 1.24 bits per heavy atom. The first-order valence-electron chi connectivity index (χ1n) is 5.78. The van der Waals surface area contributed by atoms with Crippen molar-refractivity contribution in [1.29, 1.82) is 0 Å². The minimum absolute atomic E-state index is 0.00722. The minimum Gasteiger partial charge on any atom is -0.322 e. The largest absolute Gasteiger partial charge is 0.322 e. The molecule has 0 saturated carbocycles. The van der Waals surface area contributed by atoms with Gasteiger partial charge in [0.2, 0.25) is 0 Å². The van der Waals surface area contributed by atoms with Crippen LogP contribution >= 0.6 is 11.3 Å². The maximum atomic E-state index is 5.95. The van der Waals surface area contributed by atoms with E-state index in [1.807, 2.05) is 0 Å². The molecule has 4 heteroatoms. The topological polar surface area (TPSA) is 51.8 Å². The van der Waals surface area contributed by atoms with E-state index in [4.69, 9.17) is 5.73 Å². The van der Waals surface area contributed by atoms with Crippen molar-refractivity contribution < 1.29 is 0 Å². The van der Waals surface area contributed by atoms with Gasteiger partial charge in [-0.2, -0.15) is 0 Å². The fraction of sp³-hybridized carbons (Fsp3) is 0.385. The van der Waals surface area contributed by atoms with E-state index in [1.54, 1.807) is 11.3 Å². The smallest absolute Gasteiger partial charge is 0.147 e. The second-order valence-corrected chi connectivity index (χ2v) is 5.27. The number of nitrogens with zero attached hydrogens (tertiary/aromatic N) is 2. The quantitative estimate of drug-likeness (QED) is 0.906. The van der Waals surface area contributed by atoms with E-state index < -0.39 is 0 Å². The number of hydrogen-bond donors (Lipinski definition) is 1. The molecule has 0 aliphatic carbocycles. The van der Waals surface area contributed by atoms with Crippen molar-refractivity contribution in [3.05, 3.63) is 34.3 Å². The van der Waals surface area contributed by atoms with Gasteiger partial charge in [0, 0.05) is 5.56 Å². The standard InChI is InChI=1S/C13H17N3S/c1-4-11(14)13-16-15-12(17-13)10-6-5-8(2)9(3)7-10/h5-7,11H,4,14H2,1-3H3. The number of aromatic nitrogens is 2. The van der Waals surface area contributed by atoms with Crippen LogP contribution < -0.4 is 5.73 Å². The summed E-state index contributed by atoms with van der Waals surface area (Å²) in [6, 6.07) is 6.36. The zero-order valence-electron chi connectivity index (χ0n) is 10.4. The number of nitrogens with two attached hydrogens (primary N) is 1. The van der Waals surface area contributed by atoms with Crippen LogP contribution in [0.4, 0.5) is 0 Å². The Morgan fingerprint density at radius 3 is 2.65 bits per heavy atom. The van der Waals surface area contributed by atoms with E-state index in [0.717, 1.165) is 22.0 Å². The fourth-order valence-electron chi connectivity index (χ4n) is 1.55. The van der Waals surface area contributed by atoms with Gasteiger partial charge in [-0.25, -0.2) is 0 Å². The maximum absolute atomic E-state index is 5.95. The summed E-state index contributed by atoms with van der Waals surface area (Å²) < 4.78 is 0. The molecule has 0 aliphatic heterocycles. The molecule has 1 aromatic carbocycles.